The maximum Gasteiger partial charge on any atom is 0.237 e. The molecule has 1 aliphatic heterocycles. The van der Waals surface area contributed by atoms with Gasteiger partial charge in [-0.15, -0.1) is 0 Å². The van der Waals surface area contributed by atoms with Crippen molar-refractivity contribution >= 4 is 5.91 Å². The Kier molecular flexibility index (Phi) is 5.01. The second kappa shape index (κ2) is 6.53. The monoisotopic (exact) mass is 254 g/mol. The Balaban J connectivity index is 1.76. The molecule has 0 bridgehead atoms. The van der Waals surface area contributed by atoms with E-state index >= 15 is 0 Å². The number of nitrogens with one attached hydrogen (secondary N) is 2. The van der Waals surface area contributed by atoms with Crippen LogP contribution in [0.15, 0.2) is 0 Å². The molecule has 1 amide bonds. The zero-order valence-electron chi connectivity index (χ0n) is 11.6. The molecule has 0 aromatic rings. The Bertz CT molecular complexity index is 269. The normalized spacial score (nSPS) is 32.9. The Morgan fingerprint density at radius 3 is 2.94 bits per heavy atom. The molecule has 4 atom stereocenters. The third-order valence-electron chi connectivity index (χ3n) is 4.32. The third kappa shape index (κ3) is 3.45. The van der Waals surface area contributed by atoms with Gasteiger partial charge in [0.05, 0.1) is 6.04 Å². The summed E-state index contributed by atoms with van der Waals surface area (Å²) in [4.78, 5) is 12.1. The van der Waals surface area contributed by atoms with Gasteiger partial charge in [-0.25, -0.2) is 0 Å². The van der Waals surface area contributed by atoms with Gasteiger partial charge in [0.25, 0.3) is 0 Å². The minimum atomic E-state index is 0.0306. The number of carbonyl (C=O) groups is 1. The van der Waals surface area contributed by atoms with Gasteiger partial charge in [-0.05, 0) is 38.5 Å². The number of amides is 1. The average Bonchev–Trinajstić information content (AvgIpc) is 2.80. The van der Waals surface area contributed by atoms with Crippen molar-refractivity contribution in [2.24, 2.45) is 5.92 Å². The molecule has 18 heavy (non-hydrogen) atoms. The molecule has 2 rings (SSSR count). The minimum Gasteiger partial charge on any atom is -0.385 e. The molecule has 0 aromatic heterocycles. The first-order valence-corrected chi connectivity index (χ1v) is 7.26. The van der Waals surface area contributed by atoms with Crippen molar-refractivity contribution in [2.75, 3.05) is 13.7 Å². The molecule has 1 saturated heterocycles. The molecule has 1 aliphatic carbocycles. The highest BCUT2D eigenvalue weighted by Crippen LogP contribution is 2.33. The number of hydrogen-bond donors (Lipinski definition) is 2. The molecule has 4 unspecified atom stereocenters. The van der Waals surface area contributed by atoms with Crippen LogP contribution in [-0.4, -0.2) is 37.7 Å². The molecule has 1 heterocycles. The van der Waals surface area contributed by atoms with E-state index in [2.05, 4.69) is 10.6 Å². The van der Waals surface area contributed by atoms with Crippen LogP contribution < -0.4 is 10.6 Å². The van der Waals surface area contributed by atoms with Crippen molar-refractivity contribution in [1.29, 1.82) is 0 Å². The molecule has 2 N–H and O–H groups in total. The summed E-state index contributed by atoms with van der Waals surface area (Å²) in [7, 11) is 1.69. The predicted octanol–water partition coefficient (Wildman–Crippen LogP) is 1.45. The van der Waals surface area contributed by atoms with Gasteiger partial charge in [-0.2, -0.15) is 0 Å². The highest BCUT2D eigenvalue weighted by Gasteiger charge is 2.38. The van der Waals surface area contributed by atoms with Gasteiger partial charge in [0.1, 0.15) is 0 Å². The molecule has 2 fully saturated rings. The van der Waals surface area contributed by atoms with E-state index in [1.165, 1.54) is 25.7 Å². The first-order chi connectivity index (χ1) is 8.70. The second-order valence-corrected chi connectivity index (χ2v) is 5.80. The third-order valence-corrected chi connectivity index (χ3v) is 4.32. The fraction of sp³-hybridized carbons (Fsp3) is 0.929. The lowest BCUT2D eigenvalue weighted by molar-refractivity contribution is -0.123. The number of rotatable bonds is 5. The summed E-state index contributed by atoms with van der Waals surface area (Å²) in [6, 6.07) is 0.814. The number of ether oxygens (including phenoxy) is 1. The van der Waals surface area contributed by atoms with Crippen LogP contribution in [0.2, 0.25) is 0 Å². The Hall–Kier alpha value is -0.610. The summed E-state index contributed by atoms with van der Waals surface area (Å²) in [5.41, 5.74) is 0. The highest BCUT2D eigenvalue weighted by atomic mass is 16.5. The Morgan fingerprint density at radius 2 is 2.22 bits per heavy atom. The van der Waals surface area contributed by atoms with Crippen LogP contribution in [0.25, 0.3) is 0 Å². The lowest BCUT2D eigenvalue weighted by Crippen LogP contribution is -2.46. The van der Waals surface area contributed by atoms with Crippen LogP contribution in [0, 0.1) is 5.92 Å². The van der Waals surface area contributed by atoms with E-state index in [-0.39, 0.29) is 18.0 Å². The SMILES string of the molecule is COCCC(C)NC(=O)C1CC2CCCCC2N1. The largest absolute Gasteiger partial charge is 0.385 e. The average molecular weight is 254 g/mol. The maximum atomic E-state index is 12.1. The summed E-state index contributed by atoms with van der Waals surface area (Å²) in [6.45, 7) is 2.74. The zero-order valence-corrected chi connectivity index (χ0v) is 11.6. The number of fused-ring (bicyclic) bond motifs is 1. The molecular weight excluding hydrogens is 228 g/mol. The fourth-order valence-electron chi connectivity index (χ4n) is 3.23. The van der Waals surface area contributed by atoms with Crippen molar-refractivity contribution in [1.82, 2.24) is 10.6 Å². The van der Waals surface area contributed by atoms with Gasteiger partial charge >= 0.3 is 0 Å². The number of carbonyl (C=O) groups excluding carboxylic acids is 1. The molecule has 2 aliphatic rings. The quantitative estimate of drug-likeness (QED) is 0.780. The molecular formula is C14H26N2O2. The van der Waals surface area contributed by atoms with Gasteiger partial charge < -0.3 is 15.4 Å². The van der Waals surface area contributed by atoms with Gasteiger partial charge in [0.15, 0.2) is 0 Å². The van der Waals surface area contributed by atoms with Gasteiger partial charge in [-0.3, -0.25) is 4.79 Å². The summed E-state index contributed by atoms with van der Waals surface area (Å²) in [6.07, 6.45) is 7.08. The first kappa shape index (κ1) is 13.8. The Labute approximate surface area is 110 Å². The fourth-order valence-corrected chi connectivity index (χ4v) is 3.23. The molecule has 4 nitrogen and oxygen atoms in total. The topological polar surface area (TPSA) is 50.4 Å². The van der Waals surface area contributed by atoms with E-state index < -0.39 is 0 Å². The van der Waals surface area contributed by atoms with Crippen LogP contribution in [0.1, 0.15) is 45.4 Å². The van der Waals surface area contributed by atoms with Crippen LogP contribution in [0.3, 0.4) is 0 Å². The van der Waals surface area contributed by atoms with E-state index in [1.807, 2.05) is 6.92 Å². The van der Waals surface area contributed by atoms with Crippen LogP contribution in [0.4, 0.5) is 0 Å². The zero-order chi connectivity index (χ0) is 13.0. The van der Waals surface area contributed by atoms with E-state index in [0.717, 1.165) is 18.8 Å². The summed E-state index contributed by atoms with van der Waals surface area (Å²) >= 11 is 0. The van der Waals surface area contributed by atoms with Crippen LogP contribution >= 0.6 is 0 Å². The molecule has 0 aromatic carbocycles. The van der Waals surface area contributed by atoms with Gasteiger partial charge in [0, 0.05) is 25.8 Å². The van der Waals surface area contributed by atoms with Gasteiger partial charge in [0.2, 0.25) is 5.91 Å². The van der Waals surface area contributed by atoms with Crippen LogP contribution in [-0.2, 0) is 9.53 Å². The molecule has 0 radical (unpaired) electrons. The van der Waals surface area contributed by atoms with Crippen molar-refractivity contribution in [2.45, 2.75) is 63.6 Å². The minimum absolute atomic E-state index is 0.0306. The van der Waals surface area contributed by atoms with Crippen molar-refractivity contribution in [3.05, 3.63) is 0 Å². The second-order valence-electron chi connectivity index (χ2n) is 5.80. The summed E-state index contributed by atoms with van der Waals surface area (Å²) in [5.74, 6) is 0.900. The summed E-state index contributed by atoms with van der Waals surface area (Å²) in [5, 5.41) is 6.60. The molecule has 104 valence electrons. The van der Waals surface area contributed by atoms with Crippen molar-refractivity contribution in [3.8, 4) is 0 Å². The predicted molar refractivity (Wildman–Crippen MR) is 71.4 cm³/mol. The smallest absolute Gasteiger partial charge is 0.237 e. The molecule has 4 heteroatoms. The van der Waals surface area contributed by atoms with E-state index in [1.54, 1.807) is 7.11 Å². The molecule has 0 spiro atoms. The lowest BCUT2D eigenvalue weighted by Gasteiger charge is -2.24. The van der Waals surface area contributed by atoms with E-state index in [0.29, 0.717) is 12.6 Å². The van der Waals surface area contributed by atoms with Gasteiger partial charge in [-0.1, -0.05) is 12.8 Å². The number of hydrogen-bond acceptors (Lipinski definition) is 3. The van der Waals surface area contributed by atoms with E-state index in [9.17, 15) is 4.79 Å². The lowest BCUT2D eigenvalue weighted by atomic mass is 9.85. The highest BCUT2D eigenvalue weighted by molar-refractivity contribution is 5.82. The Morgan fingerprint density at radius 1 is 1.44 bits per heavy atom. The first-order valence-electron chi connectivity index (χ1n) is 7.26. The van der Waals surface area contributed by atoms with Crippen molar-refractivity contribution in [3.63, 3.8) is 0 Å². The van der Waals surface area contributed by atoms with E-state index in [4.69, 9.17) is 4.74 Å². The number of methoxy groups -OCH3 is 1. The summed E-state index contributed by atoms with van der Waals surface area (Å²) < 4.78 is 5.03. The molecule has 1 saturated carbocycles. The standard InChI is InChI=1S/C14H26N2O2/c1-10(7-8-18-2)15-14(17)13-9-11-5-3-4-6-12(11)16-13/h10-13,16H,3-9H2,1-2H3,(H,15,17). The van der Waals surface area contributed by atoms with Crippen LogP contribution in [0.5, 0.6) is 0 Å². The maximum absolute atomic E-state index is 12.1. The van der Waals surface area contributed by atoms with Crippen molar-refractivity contribution < 1.29 is 9.53 Å².